The van der Waals surface area contributed by atoms with E-state index in [1.165, 1.54) is 44.2 Å². The highest BCUT2D eigenvalue weighted by atomic mass is 16.5. The second kappa shape index (κ2) is 5.56. The van der Waals surface area contributed by atoms with Crippen LogP contribution in [0.3, 0.4) is 0 Å². The van der Waals surface area contributed by atoms with Crippen LogP contribution in [-0.4, -0.2) is 46.4 Å². The van der Waals surface area contributed by atoms with Gasteiger partial charge in [-0.05, 0) is 68.5 Å². The molecule has 0 spiro atoms. The number of ether oxygens (including phenoxy) is 1. The van der Waals surface area contributed by atoms with Crippen molar-refractivity contribution in [2.45, 2.75) is 50.0 Å². The quantitative estimate of drug-likeness (QED) is 0.844. The Morgan fingerprint density at radius 3 is 2.96 bits per heavy atom. The van der Waals surface area contributed by atoms with E-state index in [9.17, 15) is 0 Å². The molecule has 5 heteroatoms. The molecular weight excluding hydrogens is 312 g/mol. The average Bonchev–Trinajstić information content (AvgIpc) is 3.18. The molecular formula is C20H26N4O. The lowest BCUT2D eigenvalue weighted by molar-refractivity contribution is 0.00273. The first-order chi connectivity index (χ1) is 12.2. The Kier molecular flexibility index (Phi) is 3.42. The maximum absolute atomic E-state index is 5.77. The summed E-state index contributed by atoms with van der Waals surface area (Å²) in [6.45, 7) is 1.22. The van der Waals surface area contributed by atoms with Crippen LogP contribution < -0.4 is 4.74 Å². The number of hydrogen-bond acceptors (Lipinski definition) is 4. The number of hydrogen-bond donors (Lipinski definition) is 0. The lowest BCUT2D eigenvalue weighted by atomic mass is 9.52. The van der Waals surface area contributed by atoms with Gasteiger partial charge in [0.2, 0.25) is 0 Å². The standard InChI is InChI=1S/C20H26N4O/c1-23-8-7-20-6-4-3-5-15(20)17(23)9-14-10-18(24-13-21-12-22-24)19(25-2)11-16(14)20/h10-13,15,17H,3-9H2,1-2H3/t15?,17-,20-/m0/s1. The molecule has 3 atom stereocenters. The van der Waals surface area contributed by atoms with Crippen molar-refractivity contribution in [1.82, 2.24) is 19.7 Å². The van der Waals surface area contributed by atoms with E-state index in [0.29, 0.717) is 11.5 Å². The molecule has 1 aromatic heterocycles. The van der Waals surface area contributed by atoms with E-state index >= 15 is 0 Å². The van der Waals surface area contributed by atoms with Crippen molar-refractivity contribution in [3.05, 3.63) is 35.9 Å². The summed E-state index contributed by atoms with van der Waals surface area (Å²) in [5.74, 6) is 1.72. The van der Waals surface area contributed by atoms with Gasteiger partial charge in [0.1, 0.15) is 24.1 Å². The third-order valence-corrected chi connectivity index (χ3v) is 7.07. The Hall–Kier alpha value is -1.88. The van der Waals surface area contributed by atoms with Crippen LogP contribution in [0, 0.1) is 5.92 Å². The minimum Gasteiger partial charge on any atom is -0.494 e. The van der Waals surface area contributed by atoms with E-state index in [-0.39, 0.29) is 0 Å². The fourth-order valence-corrected chi connectivity index (χ4v) is 5.90. The molecule has 1 aliphatic heterocycles. The molecule has 5 nitrogen and oxygen atoms in total. The average molecular weight is 338 g/mol. The molecule has 0 amide bonds. The Labute approximate surface area is 149 Å². The zero-order valence-corrected chi connectivity index (χ0v) is 15.1. The van der Waals surface area contributed by atoms with E-state index < -0.39 is 0 Å². The third-order valence-electron chi connectivity index (χ3n) is 7.07. The summed E-state index contributed by atoms with van der Waals surface area (Å²) in [7, 11) is 4.08. The van der Waals surface area contributed by atoms with Gasteiger partial charge in [-0.2, -0.15) is 5.10 Å². The maximum Gasteiger partial charge on any atom is 0.144 e. The van der Waals surface area contributed by atoms with E-state index in [2.05, 4.69) is 34.2 Å². The zero-order chi connectivity index (χ0) is 17.0. The van der Waals surface area contributed by atoms with Crippen LogP contribution in [0.25, 0.3) is 5.69 Å². The Balaban J connectivity index is 1.70. The summed E-state index contributed by atoms with van der Waals surface area (Å²) < 4.78 is 7.59. The lowest BCUT2D eigenvalue weighted by Crippen LogP contribution is -2.59. The smallest absolute Gasteiger partial charge is 0.144 e. The van der Waals surface area contributed by atoms with Crippen molar-refractivity contribution in [2.75, 3.05) is 20.7 Å². The van der Waals surface area contributed by atoms with Gasteiger partial charge in [0, 0.05) is 11.5 Å². The molecule has 0 N–H and O–H groups in total. The van der Waals surface area contributed by atoms with Crippen molar-refractivity contribution in [3.8, 4) is 11.4 Å². The number of rotatable bonds is 2. The molecule has 2 bridgehead atoms. The summed E-state index contributed by atoms with van der Waals surface area (Å²) in [4.78, 5) is 6.72. The number of benzene rings is 1. The number of aromatic nitrogens is 3. The molecule has 1 unspecified atom stereocenters. The van der Waals surface area contributed by atoms with Gasteiger partial charge in [-0.15, -0.1) is 0 Å². The van der Waals surface area contributed by atoms with Gasteiger partial charge in [-0.1, -0.05) is 12.8 Å². The van der Waals surface area contributed by atoms with Gasteiger partial charge < -0.3 is 9.64 Å². The lowest BCUT2D eigenvalue weighted by Gasteiger charge is -2.58. The van der Waals surface area contributed by atoms with E-state index in [1.807, 2.05) is 4.68 Å². The Morgan fingerprint density at radius 1 is 1.24 bits per heavy atom. The molecule has 3 aliphatic rings. The summed E-state index contributed by atoms with van der Waals surface area (Å²) in [5.41, 5.74) is 4.41. The van der Waals surface area contributed by atoms with Crippen molar-refractivity contribution in [2.24, 2.45) is 5.92 Å². The molecule has 2 aliphatic carbocycles. The van der Waals surface area contributed by atoms with Crippen molar-refractivity contribution < 1.29 is 4.74 Å². The van der Waals surface area contributed by atoms with E-state index in [0.717, 1.165) is 23.8 Å². The SMILES string of the molecule is COc1cc2c(cc1-n1cncn1)C[C@H]1C3CCCC[C@@]23CCN1C. The molecule has 1 saturated carbocycles. The minimum atomic E-state index is 0.358. The number of nitrogens with zero attached hydrogens (tertiary/aromatic N) is 4. The molecule has 2 aromatic rings. The van der Waals surface area contributed by atoms with Crippen LogP contribution in [0.1, 0.15) is 43.2 Å². The highest BCUT2D eigenvalue weighted by molar-refractivity contribution is 5.56. The largest absolute Gasteiger partial charge is 0.494 e. The van der Waals surface area contributed by atoms with Crippen LogP contribution in [0.4, 0.5) is 0 Å². The third kappa shape index (κ3) is 2.11. The monoisotopic (exact) mass is 338 g/mol. The van der Waals surface area contributed by atoms with Gasteiger partial charge in [0.25, 0.3) is 0 Å². The van der Waals surface area contributed by atoms with Crippen LogP contribution in [-0.2, 0) is 11.8 Å². The fourth-order valence-electron chi connectivity index (χ4n) is 5.90. The second-order valence-electron chi connectivity index (χ2n) is 8.03. The first-order valence-corrected chi connectivity index (χ1v) is 9.49. The van der Waals surface area contributed by atoms with Crippen molar-refractivity contribution in [3.63, 3.8) is 0 Å². The first-order valence-electron chi connectivity index (χ1n) is 9.49. The van der Waals surface area contributed by atoms with Gasteiger partial charge in [0.05, 0.1) is 7.11 Å². The van der Waals surface area contributed by atoms with Gasteiger partial charge in [-0.3, -0.25) is 0 Å². The Bertz CT molecular complexity index is 787. The van der Waals surface area contributed by atoms with Crippen LogP contribution in [0.5, 0.6) is 5.75 Å². The predicted octanol–water partition coefficient (Wildman–Crippen LogP) is 2.96. The first kappa shape index (κ1) is 15.4. The van der Waals surface area contributed by atoms with Crippen LogP contribution in [0.2, 0.25) is 0 Å². The minimum absolute atomic E-state index is 0.358. The predicted molar refractivity (Wildman–Crippen MR) is 96.3 cm³/mol. The fraction of sp³-hybridized carbons (Fsp3) is 0.600. The van der Waals surface area contributed by atoms with Gasteiger partial charge in [-0.25, -0.2) is 9.67 Å². The molecule has 1 aromatic carbocycles. The summed E-state index contributed by atoms with van der Waals surface area (Å²) in [6.07, 6.45) is 11.2. The molecule has 1 saturated heterocycles. The van der Waals surface area contributed by atoms with Gasteiger partial charge >= 0.3 is 0 Å². The maximum atomic E-state index is 5.77. The molecule has 5 rings (SSSR count). The highest BCUT2D eigenvalue weighted by Gasteiger charge is 2.53. The van der Waals surface area contributed by atoms with E-state index in [1.54, 1.807) is 25.3 Å². The Morgan fingerprint density at radius 2 is 2.16 bits per heavy atom. The van der Waals surface area contributed by atoms with Crippen molar-refractivity contribution >= 4 is 0 Å². The van der Waals surface area contributed by atoms with E-state index in [4.69, 9.17) is 4.74 Å². The summed E-state index contributed by atoms with van der Waals surface area (Å²) in [5, 5.41) is 4.33. The molecule has 132 valence electrons. The number of fused-ring (bicyclic) bond motifs is 1. The topological polar surface area (TPSA) is 43.2 Å². The van der Waals surface area contributed by atoms with Crippen molar-refractivity contribution in [1.29, 1.82) is 0 Å². The van der Waals surface area contributed by atoms with Crippen LogP contribution >= 0.6 is 0 Å². The number of methoxy groups -OCH3 is 1. The molecule has 25 heavy (non-hydrogen) atoms. The molecule has 2 heterocycles. The van der Waals surface area contributed by atoms with Crippen LogP contribution in [0.15, 0.2) is 24.8 Å². The molecule has 0 radical (unpaired) electrons. The highest BCUT2D eigenvalue weighted by Crippen LogP contribution is 2.56. The number of piperidine rings is 1. The summed E-state index contributed by atoms with van der Waals surface area (Å²) in [6, 6.07) is 5.31. The molecule has 2 fully saturated rings. The zero-order valence-electron chi connectivity index (χ0n) is 15.1. The normalized spacial score (nSPS) is 31.3. The van der Waals surface area contributed by atoms with Gasteiger partial charge in [0.15, 0.2) is 0 Å². The summed E-state index contributed by atoms with van der Waals surface area (Å²) >= 11 is 0. The second-order valence-corrected chi connectivity index (χ2v) is 8.03. The number of likely N-dealkylation sites (N-methyl/N-ethyl adjacent to an activating group) is 1. The number of likely N-dealkylation sites (tertiary alicyclic amines) is 1.